The molecule has 160 valence electrons. The van der Waals surface area contributed by atoms with Crippen LogP contribution in [0.25, 0.3) is 10.9 Å². The summed E-state index contributed by atoms with van der Waals surface area (Å²) < 4.78 is 0. The average molecular weight is 436 g/mol. The fourth-order valence-electron chi connectivity index (χ4n) is 5.24. The lowest BCUT2D eigenvalue weighted by atomic mass is 9.76. The lowest BCUT2D eigenvalue weighted by molar-refractivity contribution is -0.168. The summed E-state index contributed by atoms with van der Waals surface area (Å²) in [5.41, 5.74) is 2.74. The first kappa shape index (κ1) is 20.1. The number of halogens is 1. The van der Waals surface area contributed by atoms with E-state index < -0.39 is 5.54 Å². The molecule has 1 saturated heterocycles. The van der Waals surface area contributed by atoms with Crippen LogP contribution in [0.5, 0.6) is 0 Å². The second-order valence-corrected chi connectivity index (χ2v) is 9.21. The molecule has 3 aromatic rings. The number of H-pyrrole nitrogens is 1. The van der Waals surface area contributed by atoms with E-state index in [0.717, 1.165) is 34.1 Å². The molecule has 1 fully saturated rings. The number of rotatable bonds is 3. The van der Waals surface area contributed by atoms with Crippen molar-refractivity contribution in [1.29, 1.82) is 0 Å². The van der Waals surface area contributed by atoms with Crippen LogP contribution in [0.4, 0.5) is 0 Å². The lowest BCUT2D eigenvalue weighted by Crippen LogP contribution is -2.68. The van der Waals surface area contributed by atoms with Crippen molar-refractivity contribution in [3.05, 3.63) is 70.4 Å². The smallest absolute Gasteiger partial charge is 0.255 e. The van der Waals surface area contributed by atoms with Crippen LogP contribution >= 0.6 is 11.6 Å². The predicted octanol–water partition coefficient (Wildman–Crippen LogP) is 4.65. The van der Waals surface area contributed by atoms with Gasteiger partial charge in [0.05, 0.1) is 5.69 Å². The zero-order valence-corrected chi connectivity index (χ0v) is 18.7. The first-order valence-corrected chi connectivity index (χ1v) is 11.2. The molecule has 0 spiro atoms. The number of hydrogen-bond acceptors (Lipinski definition) is 2. The van der Waals surface area contributed by atoms with Gasteiger partial charge in [0.1, 0.15) is 6.54 Å². The molecule has 0 radical (unpaired) electrons. The van der Waals surface area contributed by atoms with Gasteiger partial charge in [-0.1, -0.05) is 54.9 Å². The van der Waals surface area contributed by atoms with Crippen LogP contribution in [-0.2, 0) is 15.1 Å². The number of para-hydroxylation sites is 1. The van der Waals surface area contributed by atoms with E-state index in [2.05, 4.69) is 11.1 Å². The van der Waals surface area contributed by atoms with Crippen LogP contribution in [0.1, 0.15) is 49.9 Å². The predicted molar refractivity (Wildman–Crippen MR) is 122 cm³/mol. The zero-order valence-electron chi connectivity index (χ0n) is 18.0. The van der Waals surface area contributed by atoms with Gasteiger partial charge in [-0.2, -0.15) is 0 Å². The van der Waals surface area contributed by atoms with Crippen LogP contribution in [-0.4, -0.2) is 45.7 Å². The number of piperazine rings is 1. The maximum Gasteiger partial charge on any atom is 0.255 e. The van der Waals surface area contributed by atoms with Crippen LogP contribution < -0.4 is 0 Å². The average Bonchev–Trinajstić information content (AvgIpc) is 3.17. The molecule has 2 aromatic carbocycles. The molecular weight excluding hydrogens is 410 g/mol. The maximum atomic E-state index is 13.9. The molecular formula is C25H26ClN3O2. The SMILES string of the molecule is CC[C@@H](C)N1CC(=O)N2C[C@@H](c3ccccc3Cl)c3c([nH]c4ccccc34)[C@@]2(C)C1=O. The van der Waals surface area contributed by atoms with Crippen molar-refractivity contribution in [2.45, 2.75) is 44.7 Å². The molecule has 6 heteroatoms. The fourth-order valence-corrected chi connectivity index (χ4v) is 5.51. The van der Waals surface area contributed by atoms with Crippen molar-refractivity contribution in [2.75, 3.05) is 13.1 Å². The molecule has 3 heterocycles. The fraction of sp³-hybridized carbons (Fsp3) is 0.360. The molecule has 3 atom stereocenters. The standard InChI is InChI=1S/C25H26ClN3O2/c1-4-15(2)28-14-21(30)29-13-18(16-9-5-7-11-19(16)26)22-17-10-6-8-12-20(17)27-23(22)25(29,3)24(28)31/h5-12,15,18,27H,4,13-14H2,1-3H3/t15-,18+,25+/m1/s1. The third-order valence-corrected chi connectivity index (χ3v) is 7.52. The minimum atomic E-state index is -1.06. The molecule has 0 bridgehead atoms. The molecule has 0 saturated carbocycles. The molecule has 5 rings (SSSR count). The number of amides is 2. The number of nitrogens with zero attached hydrogens (tertiary/aromatic N) is 2. The molecule has 0 unspecified atom stereocenters. The van der Waals surface area contributed by atoms with E-state index in [4.69, 9.17) is 11.6 Å². The number of aromatic amines is 1. The van der Waals surface area contributed by atoms with Crippen molar-refractivity contribution < 1.29 is 9.59 Å². The molecule has 2 aliphatic rings. The van der Waals surface area contributed by atoms with E-state index in [1.807, 2.05) is 63.2 Å². The third-order valence-electron chi connectivity index (χ3n) is 7.17. The van der Waals surface area contributed by atoms with Crippen LogP contribution in [0, 0.1) is 0 Å². The van der Waals surface area contributed by atoms with E-state index in [9.17, 15) is 9.59 Å². The Kier molecular flexibility index (Phi) is 4.63. The highest BCUT2D eigenvalue weighted by Crippen LogP contribution is 2.49. The van der Waals surface area contributed by atoms with E-state index in [1.165, 1.54) is 0 Å². The number of aromatic nitrogens is 1. The van der Waals surface area contributed by atoms with Gasteiger partial charge < -0.3 is 14.8 Å². The Morgan fingerprint density at radius 1 is 1.16 bits per heavy atom. The first-order valence-electron chi connectivity index (χ1n) is 10.8. The summed E-state index contributed by atoms with van der Waals surface area (Å²) in [6.07, 6.45) is 0.802. The summed E-state index contributed by atoms with van der Waals surface area (Å²) >= 11 is 6.61. The second kappa shape index (κ2) is 7.13. The first-order chi connectivity index (χ1) is 14.9. The topological polar surface area (TPSA) is 56.4 Å². The van der Waals surface area contributed by atoms with Gasteiger partial charge in [0.15, 0.2) is 5.54 Å². The highest BCUT2D eigenvalue weighted by Gasteiger charge is 2.56. The zero-order chi connectivity index (χ0) is 21.9. The minimum Gasteiger partial charge on any atom is -0.356 e. The maximum absolute atomic E-state index is 13.9. The number of nitrogens with one attached hydrogen (secondary N) is 1. The summed E-state index contributed by atoms with van der Waals surface area (Å²) in [5, 5.41) is 1.74. The van der Waals surface area contributed by atoms with Crippen molar-refractivity contribution >= 4 is 34.3 Å². The van der Waals surface area contributed by atoms with E-state index in [1.54, 1.807) is 9.80 Å². The molecule has 5 nitrogen and oxygen atoms in total. The minimum absolute atomic E-state index is 0.00421. The van der Waals surface area contributed by atoms with Crippen LogP contribution in [0.15, 0.2) is 48.5 Å². The van der Waals surface area contributed by atoms with Gasteiger partial charge in [0, 0.05) is 34.4 Å². The summed E-state index contributed by atoms with van der Waals surface area (Å²) in [7, 11) is 0. The summed E-state index contributed by atoms with van der Waals surface area (Å²) in [6.45, 7) is 6.48. The third kappa shape index (κ3) is 2.76. The highest BCUT2D eigenvalue weighted by molar-refractivity contribution is 6.31. The summed E-state index contributed by atoms with van der Waals surface area (Å²) in [4.78, 5) is 34.3. The molecule has 1 aromatic heterocycles. The van der Waals surface area contributed by atoms with E-state index in [-0.39, 0.29) is 30.3 Å². The Morgan fingerprint density at radius 2 is 1.87 bits per heavy atom. The van der Waals surface area contributed by atoms with Crippen molar-refractivity contribution in [2.24, 2.45) is 0 Å². The van der Waals surface area contributed by atoms with Gasteiger partial charge >= 0.3 is 0 Å². The van der Waals surface area contributed by atoms with Crippen molar-refractivity contribution in [3.63, 3.8) is 0 Å². The van der Waals surface area contributed by atoms with E-state index >= 15 is 0 Å². The Bertz CT molecular complexity index is 1200. The Hall–Kier alpha value is -2.79. The van der Waals surface area contributed by atoms with Gasteiger partial charge in [-0.3, -0.25) is 9.59 Å². The Labute approximate surface area is 187 Å². The summed E-state index contributed by atoms with van der Waals surface area (Å²) in [6, 6.07) is 15.9. The molecule has 2 amide bonds. The van der Waals surface area contributed by atoms with Crippen LogP contribution in [0.2, 0.25) is 5.02 Å². The van der Waals surface area contributed by atoms with Gasteiger partial charge in [0.2, 0.25) is 5.91 Å². The molecule has 1 N–H and O–H groups in total. The van der Waals surface area contributed by atoms with E-state index in [0.29, 0.717) is 11.6 Å². The summed E-state index contributed by atoms with van der Waals surface area (Å²) in [5.74, 6) is -0.157. The molecule has 31 heavy (non-hydrogen) atoms. The van der Waals surface area contributed by atoms with Crippen LogP contribution in [0.3, 0.4) is 0 Å². The number of fused-ring (bicyclic) bond motifs is 5. The number of carbonyl (C=O) groups is 2. The number of benzene rings is 2. The monoisotopic (exact) mass is 435 g/mol. The normalized spacial score (nSPS) is 24.3. The Morgan fingerprint density at radius 3 is 2.61 bits per heavy atom. The van der Waals surface area contributed by atoms with Crippen molar-refractivity contribution in [1.82, 2.24) is 14.8 Å². The van der Waals surface area contributed by atoms with Gasteiger partial charge in [0.25, 0.3) is 5.91 Å². The molecule has 0 aliphatic carbocycles. The number of hydrogen-bond donors (Lipinski definition) is 1. The van der Waals surface area contributed by atoms with Gasteiger partial charge in [-0.15, -0.1) is 0 Å². The van der Waals surface area contributed by atoms with Gasteiger partial charge in [-0.05, 0) is 43.5 Å². The van der Waals surface area contributed by atoms with Crippen molar-refractivity contribution in [3.8, 4) is 0 Å². The largest absolute Gasteiger partial charge is 0.356 e. The highest BCUT2D eigenvalue weighted by atomic mass is 35.5. The quantitative estimate of drug-likeness (QED) is 0.651. The van der Waals surface area contributed by atoms with Gasteiger partial charge in [-0.25, -0.2) is 0 Å². The second-order valence-electron chi connectivity index (χ2n) is 8.80. The lowest BCUT2D eigenvalue weighted by Gasteiger charge is -2.52. The number of carbonyl (C=O) groups excluding carboxylic acids is 2. The molecule has 2 aliphatic heterocycles. The Balaban J connectivity index is 1.78.